The average molecular weight is 206 g/mol. The van der Waals surface area contributed by atoms with Gasteiger partial charge in [0.2, 0.25) is 0 Å². The zero-order valence-electron chi connectivity index (χ0n) is 9.40. The molecule has 2 nitrogen and oxygen atoms in total. The van der Waals surface area contributed by atoms with Gasteiger partial charge in [0, 0.05) is 12.8 Å². The first-order valence-electron chi connectivity index (χ1n) is 5.56. The van der Waals surface area contributed by atoms with Gasteiger partial charge in [0.25, 0.3) is 0 Å². The van der Waals surface area contributed by atoms with E-state index >= 15 is 0 Å². The Hall–Kier alpha value is -1.05. The van der Waals surface area contributed by atoms with E-state index in [-0.39, 0.29) is 17.5 Å². The Kier molecular flexibility index (Phi) is 2.45. The van der Waals surface area contributed by atoms with Crippen LogP contribution in [0.4, 0.5) is 0 Å². The predicted octanol–water partition coefficient (Wildman–Crippen LogP) is 2.71. The molecule has 0 saturated heterocycles. The van der Waals surface area contributed by atoms with Gasteiger partial charge >= 0.3 is 5.97 Å². The molecule has 0 N–H and O–H groups in total. The Morgan fingerprint density at radius 3 is 3.00 bits per heavy atom. The number of hydrogen-bond acceptors (Lipinski definition) is 2. The lowest BCUT2D eigenvalue weighted by Crippen LogP contribution is -2.30. The monoisotopic (exact) mass is 206 g/mol. The van der Waals surface area contributed by atoms with E-state index in [0.717, 1.165) is 6.42 Å². The van der Waals surface area contributed by atoms with Crippen molar-refractivity contribution in [3.05, 3.63) is 24.8 Å². The van der Waals surface area contributed by atoms with E-state index in [1.54, 1.807) is 0 Å². The fourth-order valence-corrected chi connectivity index (χ4v) is 3.13. The molecule has 0 unspecified atom stereocenters. The van der Waals surface area contributed by atoms with E-state index in [9.17, 15) is 4.79 Å². The van der Waals surface area contributed by atoms with E-state index in [1.165, 1.54) is 13.3 Å². The molecule has 0 aliphatic heterocycles. The molecule has 4 atom stereocenters. The van der Waals surface area contributed by atoms with Gasteiger partial charge in [-0.1, -0.05) is 19.1 Å². The first kappa shape index (κ1) is 10.5. The number of allylic oxidation sites excluding steroid dienone is 2. The van der Waals surface area contributed by atoms with Gasteiger partial charge in [-0.05, 0) is 30.3 Å². The van der Waals surface area contributed by atoms with E-state index in [0.29, 0.717) is 11.8 Å². The van der Waals surface area contributed by atoms with Gasteiger partial charge in [-0.15, -0.1) is 6.58 Å². The van der Waals surface area contributed by atoms with Crippen molar-refractivity contribution in [2.45, 2.75) is 32.8 Å². The molecule has 1 fully saturated rings. The van der Waals surface area contributed by atoms with Crippen LogP contribution < -0.4 is 0 Å². The summed E-state index contributed by atoms with van der Waals surface area (Å²) < 4.78 is 5.35. The summed E-state index contributed by atoms with van der Waals surface area (Å²) in [5.74, 6) is 0.692. The minimum absolute atomic E-state index is 0.0435. The minimum Gasteiger partial charge on any atom is -0.458 e. The lowest BCUT2D eigenvalue weighted by Gasteiger charge is -2.29. The van der Waals surface area contributed by atoms with Crippen LogP contribution in [-0.4, -0.2) is 12.1 Å². The smallest absolute Gasteiger partial charge is 0.303 e. The van der Waals surface area contributed by atoms with Gasteiger partial charge in [-0.3, -0.25) is 4.79 Å². The number of fused-ring (bicyclic) bond motifs is 1. The third-order valence-corrected chi connectivity index (χ3v) is 3.86. The number of ether oxygens (including phenoxy) is 1. The van der Waals surface area contributed by atoms with Crippen molar-refractivity contribution in [2.75, 3.05) is 0 Å². The highest BCUT2D eigenvalue weighted by Crippen LogP contribution is 2.54. The van der Waals surface area contributed by atoms with Crippen LogP contribution in [0, 0.1) is 17.3 Å². The summed E-state index contributed by atoms with van der Waals surface area (Å²) in [6.45, 7) is 7.60. The molecule has 2 aliphatic carbocycles. The summed E-state index contributed by atoms with van der Waals surface area (Å²) in [5, 5.41) is 0. The van der Waals surface area contributed by atoms with Crippen molar-refractivity contribution >= 4 is 5.97 Å². The highest BCUT2D eigenvalue weighted by Gasteiger charge is 2.50. The van der Waals surface area contributed by atoms with Crippen LogP contribution in [0.15, 0.2) is 24.8 Å². The van der Waals surface area contributed by atoms with Gasteiger partial charge in [-0.2, -0.15) is 0 Å². The molecule has 0 bridgehead atoms. The molecule has 15 heavy (non-hydrogen) atoms. The fourth-order valence-electron chi connectivity index (χ4n) is 3.13. The molecule has 0 radical (unpaired) electrons. The number of esters is 1. The standard InChI is InChI=1S/C13H18O2/c1-4-10-5-7-13(3)8-6-11(12(10)13)15-9(2)14/h4,6,8,10-12H,1,5,7H2,2-3H3/t10-,11-,12+,13-/m0/s1. The third kappa shape index (κ3) is 1.62. The second-order valence-corrected chi connectivity index (χ2v) is 4.90. The quantitative estimate of drug-likeness (QED) is 0.513. The lowest BCUT2D eigenvalue weighted by molar-refractivity contribution is -0.147. The molecule has 2 aliphatic rings. The molecule has 0 aromatic carbocycles. The molecule has 0 aromatic rings. The molecule has 2 heteroatoms. The second kappa shape index (κ2) is 3.51. The lowest BCUT2D eigenvalue weighted by atomic mass is 9.79. The highest BCUT2D eigenvalue weighted by atomic mass is 16.5. The van der Waals surface area contributed by atoms with Gasteiger partial charge < -0.3 is 4.74 Å². The van der Waals surface area contributed by atoms with Crippen molar-refractivity contribution in [2.24, 2.45) is 17.3 Å². The van der Waals surface area contributed by atoms with Crippen molar-refractivity contribution in [3.63, 3.8) is 0 Å². The van der Waals surface area contributed by atoms with Crippen LogP contribution in [0.25, 0.3) is 0 Å². The number of hydrogen-bond donors (Lipinski definition) is 0. The highest BCUT2D eigenvalue weighted by molar-refractivity contribution is 5.66. The molecule has 0 amide bonds. The van der Waals surface area contributed by atoms with E-state index < -0.39 is 0 Å². The Balaban J connectivity index is 2.19. The summed E-state index contributed by atoms with van der Waals surface area (Å²) in [4.78, 5) is 11.0. The largest absolute Gasteiger partial charge is 0.458 e. The van der Waals surface area contributed by atoms with Gasteiger partial charge in [0.05, 0.1) is 0 Å². The third-order valence-electron chi connectivity index (χ3n) is 3.86. The number of carbonyl (C=O) groups excluding carboxylic acids is 1. The van der Waals surface area contributed by atoms with Crippen molar-refractivity contribution in [3.8, 4) is 0 Å². The van der Waals surface area contributed by atoms with Crippen LogP contribution in [0.1, 0.15) is 26.7 Å². The van der Waals surface area contributed by atoms with Crippen molar-refractivity contribution in [1.29, 1.82) is 0 Å². The normalized spacial score (nSPS) is 42.7. The summed E-state index contributed by atoms with van der Waals surface area (Å²) in [6.07, 6.45) is 8.56. The van der Waals surface area contributed by atoms with Crippen LogP contribution in [-0.2, 0) is 9.53 Å². The minimum atomic E-state index is -0.191. The summed E-state index contributed by atoms with van der Waals surface area (Å²) in [7, 11) is 0. The first-order chi connectivity index (χ1) is 7.07. The Bertz CT molecular complexity index is 318. The maximum atomic E-state index is 11.0. The molecule has 0 heterocycles. The molecule has 0 aromatic heterocycles. The first-order valence-corrected chi connectivity index (χ1v) is 5.56. The maximum Gasteiger partial charge on any atom is 0.303 e. The molecule has 2 rings (SSSR count). The molecule has 82 valence electrons. The van der Waals surface area contributed by atoms with Crippen molar-refractivity contribution in [1.82, 2.24) is 0 Å². The fraction of sp³-hybridized carbons (Fsp3) is 0.615. The van der Waals surface area contributed by atoms with E-state index in [1.807, 2.05) is 12.2 Å². The zero-order valence-corrected chi connectivity index (χ0v) is 9.40. The Morgan fingerprint density at radius 2 is 2.40 bits per heavy atom. The van der Waals surface area contributed by atoms with E-state index in [4.69, 9.17) is 4.74 Å². The predicted molar refractivity (Wildman–Crippen MR) is 59.2 cm³/mol. The molecular weight excluding hydrogens is 188 g/mol. The average Bonchev–Trinajstić information content (AvgIpc) is 2.63. The van der Waals surface area contributed by atoms with Crippen LogP contribution in [0.5, 0.6) is 0 Å². The number of carbonyl (C=O) groups is 1. The van der Waals surface area contributed by atoms with Crippen molar-refractivity contribution < 1.29 is 9.53 Å². The Labute approximate surface area is 91.0 Å². The maximum absolute atomic E-state index is 11.0. The zero-order chi connectivity index (χ0) is 11.1. The molecular formula is C13H18O2. The van der Waals surface area contributed by atoms with Gasteiger partial charge in [0.1, 0.15) is 6.10 Å². The van der Waals surface area contributed by atoms with Crippen LogP contribution in [0.2, 0.25) is 0 Å². The summed E-state index contributed by atoms with van der Waals surface area (Å²) in [5.41, 5.74) is 0.207. The molecule has 1 saturated carbocycles. The summed E-state index contributed by atoms with van der Waals surface area (Å²) in [6, 6.07) is 0. The van der Waals surface area contributed by atoms with Gasteiger partial charge in [-0.25, -0.2) is 0 Å². The Morgan fingerprint density at radius 1 is 1.67 bits per heavy atom. The van der Waals surface area contributed by atoms with E-state index in [2.05, 4.69) is 19.6 Å². The SMILES string of the molecule is C=C[C@H]1CC[C@@]2(C)C=C[C@H](OC(C)=O)[C@@H]12. The van der Waals surface area contributed by atoms with Gasteiger partial charge in [0.15, 0.2) is 0 Å². The molecule has 0 spiro atoms. The number of rotatable bonds is 2. The second-order valence-electron chi connectivity index (χ2n) is 4.90. The van der Waals surface area contributed by atoms with Crippen LogP contribution in [0.3, 0.4) is 0 Å². The topological polar surface area (TPSA) is 26.3 Å². The van der Waals surface area contributed by atoms with Crippen LogP contribution >= 0.6 is 0 Å². The summed E-state index contributed by atoms with van der Waals surface area (Å²) >= 11 is 0.